The summed E-state index contributed by atoms with van der Waals surface area (Å²) < 4.78 is 0.686. The van der Waals surface area contributed by atoms with E-state index in [-0.39, 0.29) is 11.7 Å². The Hall–Kier alpha value is -1.07. The van der Waals surface area contributed by atoms with Gasteiger partial charge in [-0.3, -0.25) is 4.79 Å². The standard InChI is InChI=1S/C14H21BrN2O2/c1-3-17(4-2)13(18)8-9-16-10-11-6-5-7-12(15)14(11)19/h5-7,16,19H,3-4,8-10H2,1-2H3. The Morgan fingerprint density at radius 3 is 2.68 bits per heavy atom. The first kappa shape index (κ1) is 16.0. The van der Waals surface area contributed by atoms with Crippen LogP contribution in [0.1, 0.15) is 25.8 Å². The molecule has 1 rings (SSSR count). The van der Waals surface area contributed by atoms with Gasteiger partial charge in [-0.15, -0.1) is 0 Å². The molecule has 0 aromatic heterocycles. The van der Waals surface area contributed by atoms with Crippen LogP contribution >= 0.6 is 15.9 Å². The van der Waals surface area contributed by atoms with E-state index in [0.717, 1.165) is 18.7 Å². The highest BCUT2D eigenvalue weighted by Gasteiger charge is 2.09. The van der Waals surface area contributed by atoms with Gasteiger partial charge in [-0.1, -0.05) is 12.1 Å². The topological polar surface area (TPSA) is 52.6 Å². The van der Waals surface area contributed by atoms with E-state index in [0.29, 0.717) is 24.0 Å². The van der Waals surface area contributed by atoms with Gasteiger partial charge in [0.2, 0.25) is 5.91 Å². The molecule has 0 saturated heterocycles. The summed E-state index contributed by atoms with van der Waals surface area (Å²) in [5.74, 6) is 0.418. The monoisotopic (exact) mass is 328 g/mol. The van der Waals surface area contributed by atoms with Crippen molar-refractivity contribution in [3.05, 3.63) is 28.2 Å². The predicted octanol–water partition coefficient (Wildman–Crippen LogP) is 2.50. The molecule has 19 heavy (non-hydrogen) atoms. The van der Waals surface area contributed by atoms with Crippen molar-refractivity contribution in [2.75, 3.05) is 19.6 Å². The van der Waals surface area contributed by atoms with Crippen LogP contribution in [-0.4, -0.2) is 35.5 Å². The zero-order valence-corrected chi connectivity index (χ0v) is 13.0. The van der Waals surface area contributed by atoms with Crippen LogP contribution in [0.25, 0.3) is 0 Å². The van der Waals surface area contributed by atoms with Crippen LogP contribution in [-0.2, 0) is 11.3 Å². The number of phenolic OH excluding ortho intramolecular Hbond substituents is 1. The van der Waals surface area contributed by atoms with Crippen molar-refractivity contribution in [2.45, 2.75) is 26.8 Å². The number of aromatic hydroxyl groups is 1. The van der Waals surface area contributed by atoms with Crippen LogP contribution in [0, 0.1) is 0 Å². The van der Waals surface area contributed by atoms with Crippen LogP contribution in [0.4, 0.5) is 0 Å². The molecule has 0 bridgehead atoms. The zero-order chi connectivity index (χ0) is 14.3. The lowest BCUT2D eigenvalue weighted by Crippen LogP contribution is -2.32. The summed E-state index contributed by atoms with van der Waals surface area (Å²) in [6.07, 6.45) is 0.483. The molecule has 1 aromatic carbocycles. The van der Waals surface area contributed by atoms with Gasteiger partial charge in [-0.25, -0.2) is 0 Å². The SMILES string of the molecule is CCN(CC)C(=O)CCNCc1cccc(Br)c1O. The number of hydrogen-bond acceptors (Lipinski definition) is 3. The minimum atomic E-state index is 0.163. The summed E-state index contributed by atoms with van der Waals surface area (Å²) in [5, 5.41) is 13.0. The van der Waals surface area contributed by atoms with Crippen molar-refractivity contribution < 1.29 is 9.90 Å². The Labute approximate surface area is 122 Å². The second kappa shape index (κ2) is 8.17. The molecule has 0 aliphatic rings. The fourth-order valence-corrected chi connectivity index (χ4v) is 2.26. The average Bonchev–Trinajstić information content (AvgIpc) is 2.40. The molecule has 0 aliphatic carbocycles. The molecule has 0 radical (unpaired) electrons. The number of phenols is 1. The van der Waals surface area contributed by atoms with E-state index >= 15 is 0 Å². The van der Waals surface area contributed by atoms with Crippen molar-refractivity contribution >= 4 is 21.8 Å². The Kier molecular flexibility index (Phi) is 6.87. The molecule has 0 fully saturated rings. The van der Waals surface area contributed by atoms with Crippen LogP contribution in [0.15, 0.2) is 22.7 Å². The molecule has 0 unspecified atom stereocenters. The molecule has 106 valence electrons. The van der Waals surface area contributed by atoms with Gasteiger partial charge >= 0.3 is 0 Å². The normalized spacial score (nSPS) is 10.5. The van der Waals surface area contributed by atoms with Crippen LogP contribution < -0.4 is 5.32 Å². The Morgan fingerprint density at radius 1 is 1.37 bits per heavy atom. The number of nitrogens with one attached hydrogen (secondary N) is 1. The summed E-state index contributed by atoms with van der Waals surface area (Å²) in [7, 11) is 0. The van der Waals surface area contributed by atoms with E-state index in [1.54, 1.807) is 6.07 Å². The lowest BCUT2D eigenvalue weighted by atomic mass is 10.2. The smallest absolute Gasteiger partial charge is 0.223 e. The van der Waals surface area contributed by atoms with Gasteiger partial charge in [-0.05, 0) is 35.8 Å². The van der Waals surface area contributed by atoms with Gasteiger partial charge in [0.15, 0.2) is 0 Å². The number of carbonyl (C=O) groups is 1. The average molecular weight is 329 g/mol. The number of carbonyl (C=O) groups excluding carboxylic acids is 1. The van der Waals surface area contributed by atoms with Gasteiger partial charge in [0.25, 0.3) is 0 Å². The number of halogens is 1. The molecule has 5 heteroatoms. The maximum absolute atomic E-state index is 11.8. The summed E-state index contributed by atoms with van der Waals surface area (Å²) in [6, 6.07) is 5.53. The van der Waals surface area contributed by atoms with E-state index in [1.165, 1.54) is 0 Å². The number of nitrogens with zero attached hydrogens (tertiary/aromatic N) is 1. The first-order valence-corrected chi connectivity index (χ1v) is 7.34. The molecule has 0 atom stereocenters. The second-order valence-corrected chi connectivity index (χ2v) is 5.09. The molecule has 1 amide bonds. The molecule has 2 N–H and O–H groups in total. The summed E-state index contributed by atoms with van der Waals surface area (Å²) >= 11 is 3.28. The summed E-state index contributed by atoms with van der Waals surface area (Å²) in [4.78, 5) is 13.6. The number of benzene rings is 1. The molecule has 0 aliphatic heterocycles. The Bertz CT molecular complexity index is 420. The van der Waals surface area contributed by atoms with Crippen molar-refractivity contribution in [3.63, 3.8) is 0 Å². The van der Waals surface area contributed by atoms with Crippen molar-refractivity contribution in [2.24, 2.45) is 0 Å². The maximum atomic E-state index is 11.8. The number of para-hydroxylation sites is 1. The van der Waals surface area contributed by atoms with Crippen LogP contribution in [0.3, 0.4) is 0 Å². The minimum Gasteiger partial charge on any atom is -0.506 e. The highest BCUT2D eigenvalue weighted by atomic mass is 79.9. The molecule has 4 nitrogen and oxygen atoms in total. The van der Waals surface area contributed by atoms with E-state index < -0.39 is 0 Å². The van der Waals surface area contributed by atoms with Gasteiger partial charge in [-0.2, -0.15) is 0 Å². The summed E-state index contributed by atoms with van der Waals surface area (Å²) in [5.41, 5.74) is 0.824. The molecule has 0 heterocycles. The lowest BCUT2D eigenvalue weighted by molar-refractivity contribution is -0.130. The quantitative estimate of drug-likeness (QED) is 0.756. The fraction of sp³-hybridized carbons (Fsp3) is 0.500. The molecule has 1 aromatic rings. The van der Waals surface area contributed by atoms with E-state index in [4.69, 9.17) is 0 Å². The van der Waals surface area contributed by atoms with Crippen molar-refractivity contribution in [1.82, 2.24) is 10.2 Å². The van der Waals surface area contributed by atoms with Crippen molar-refractivity contribution in [3.8, 4) is 5.75 Å². The molecule has 0 spiro atoms. The first-order chi connectivity index (χ1) is 9.10. The molecule has 0 saturated carbocycles. The fourth-order valence-electron chi connectivity index (χ4n) is 1.86. The third kappa shape index (κ3) is 4.84. The third-order valence-electron chi connectivity index (χ3n) is 3.02. The van der Waals surface area contributed by atoms with E-state index in [1.807, 2.05) is 30.9 Å². The van der Waals surface area contributed by atoms with E-state index in [2.05, 4.69) is 21.2 Å². The minimum absolute atomic E-state index is 0.163. The van der Waals surface area contributed by atoms with Gasteiger partial charge < -0.3 is 15.3 Å². The molecular weight excluding hydrogens is 308 g/mol. The van der Waals surface area contributed by atoms with Crippen molar-refractivity contribution in [1.29, 1.82) is 0 Å². The maximum Gasteiger partial charge on any atom is 0.223 e. The predicted molar refractivity (Wildman–Crippen MR) is 80.1 cm³/mol. The van der Waals surface area contributed by atoms with Crippen LogP contribution in [0.5, 0.6) is 5.75 Å². The lowest BCUT2D eigenvalue weighted by Gasteiger charge is -2.18. The molecular formula is C14H21BrN2O2. The Balaban J connectivity index is 2.35. The van der Waals surface area contributed by atoms with Gasteiger partial charge in [0.1, 0.15) is 5.75 Å². The second-order valence-electron chi connectivity index (χ2n) is 4.24. The first-order valence-electron chi connectivity index (χ1n) is 6.55. The highest BCUT2D eigenvalue weighted by Crippen LogP contribution is 2.27. The third-order valence-corrected chi connectivity index (χ3v) is 3.66. The van der Waals surface area contributed by atoms with Crippen LogP contribution in [0.2, 0.25) is 0 Å². The highest BCUT2D eigenvalue weighted by molar-refractivity contribution is 9.10. The zero-order valence-electron chi connectivity index (χ0n) is 11.4. The van der Waals surface area contributed by atoms with Gasteiger partial charge in [0, 0.05) is 38.2 Å². The Morgan fingerprint density at radius 2 is 2.05 bits per heavy atom. The number of amides is 1. The van der Waals surface area contributed by atoms with E-state index in [9.17, 15) is 9.90 Å². The number of hydrogen-bond donors (Lipinski definition) is 2. The summed E-state index contributed by atoms with van der Waals surface area (Å²) in [6.45, 7) is 6.63. The number of rotatable bonds is 7. The van der Waals surface area contributed by atoms with Gasteiger partial charge in [0.05, 0.1) is 4.47 Å². The largest absolute Gasteiger partial charge is 0.506 e.